The second kappa shape index (κ2) is 19.6. The molecule has 11 aromatic rings. The minimum absolute atomic E-state index is 0.903. The summed E-state index contributed by atoms with van der Waals surface area (Å²) in [4.78, 5) is 4.69. The van der Waals surface area contributed by atoms with E-state index in [-0.39, 0.29) is 0 Å². The topological polar surface area (TPSA) is 11.4 Å². The van der Waals surface area contributed by atoms with E-state index in [4.69, 9.17) is 0 Å². The van der Waals surface area contributed by atoms with Crippen LogP contribution >= 0.6 is 0 Å². The van der Waals surface area contributed by atoms with E-state index in [0.29, 0.717) is 0 Å². The second-order valence-electron chi connectivity index (χ2n) is 17.4. The molecule has 0 aliphatic heterocycles. The molecular formula is C67H51N3. The quantitative estimate of drug-likeness (QED) is 0.107. The Balaban J connectivity index is 0.951. The first-order valence-electron chi connectivity index (χ1n) is 23.9. The standard InChI is InChI=1S/C67H51N3/c1-3-4-8-17-49(2)68-66-25-16-15-24-64(66)65-47-46-63(48-67(65)68)70(61-42-30-55(31-43-61)52-22-13-7-14-23-52)62-44-34-57(35-45-62)56-32-40-60(41-33-56)69(58-36-26-53(27-37-58)50-18-9-5-10-19-50)59-38-28-54(29-39-59)51-20-11-6-12-21-51/h3-48H,2H2,1H3/b4-3-,17-8-. The molecule has 0 saturated carbocycles. The summed E-state index contributed by atoms with van der Waals surface area (Å²) in [5.41, 5.74) is 19.0. The minimum Gasteiger partial charge on any atom is -0.311 e. The number of benzene rings is 10. The third kappa shape index (κ3) is 8.76. The van der Waals surface area contributed by atoms with E-state index in [1.54, 1.807) is 0 Å². The van der Waals surface area contributed by atoms with Gasteiger partial charge >= 0.3 is 0 Å². The van der Waals surface area contributed by atoms with Crippen LogP contribution in [0, 0.1) is 0 Å². The van der Waals surface area contributed by atoms with Gasteiger partial charge in [0.15, 0.2) is 0 Å². The summed E-state index contributed by atoms with van der Waals surface area (Å²) in [6, 6.07) is 91.6. The van der Waals surface area contributed by atoms with Gasteiger partial charge in [0.05, 0.1) is 11.0 Å². The van der Waals surface area contributed by atoms with Crippen molar-refractivity contribution >= 4 is 61.6 Å². The van der Waals surface area contributed by atoms with E-state index < -0.39 is 0 Å². The van der Waals surface area contributed by atoms with Crippen LogP contribution in [0.25, 0.3) is 72.0 Å². The van der Waals surface area contributed by atoms with Gasteiger partial charge in [-0.2, -0.15) is 0 Å². The Kier molecular flexibility index (Phi) is 12.1. The molecule has 10 aromatic carbocycles. The Morgan fingerprint density at radius 3 is 1.03 bits per heavy atom. The van der Waals surface area contributed by atoms with Crippen molar-refractivity contribution in [2.24, 2.45) is 0 Å². The monoisotopic (exact) mass is 897 g/mol. The van der Waals surface area contributed by atoms with Crippen LogP contribution in [0.3, 0.4) is 0 Å². The van der Waals surface area contributed by atoms with Crippen molar-refractivity contribution in [3.05, 3.63) is 286 Å². The Morgan fingerprint density at radius 1 is 0.329 bits per heavy atom. The third-order valence-electron chi connectivity index (χ3n) is 13.1. The van der Waals surface area contributed by atoms with Gasteiger partial charge in [-0.1, -0.05) is 201 Å². The lowest BCUT2D eigenvalue weighted by molar-refractivity contribution is 1.23. The summed E-state index contributed by atoms with van der Waals surface area (Å²) in [6.07, 6.45) is 8.20. The molecule has 334 valence electrons. The highest BCUT2D eigenvalue weighted by molar-refractivity contribution is 6.11. The van der Waals surface area contributed by atoms with Gasteiger partial charge in [0.25, 0.3) is 0 Å². The molecule has 0 aliphatic rings. The first-order chi connectivity index (χ1) is 34.6. The van der Waals surface area contributed by atoms with E-state index in [1.807, 2.05) is 25.2 Å². The highest BCUT2D eigenvalue weighted by Gasteiger charge is 2.19. The number of nitrogens with zero attached hydrogens (tertiary/aromatic N) is 3. The van der Waals surface area contributed by atoms with Crippen LogP contribution in [0.1, 0.15) is 6.92 Å². The van der Waals surface area contributed by atoms with Gasteiger partial charge in [-0.3, -0.25) is 0 Å². The highest BCUT2D eigenvalue weighted by Crippen LogP contribution is 2.42. The van der Waals surface area contributed by atoms with Crippen LogP contribution < -0.4 is 9.80 Å². The summed E-state index contributed by atoms with van der Waals surface area (Å²) in [6.45, 7) is 6.56. The van der Waals surface area contributed by atoms with Crippen LogP contribution in [0.2, 0.25) is 0 Å². The maximum Gasteiger partial charge on any atom is 0.0561 e. The number of rotatable bonds is 13. The molecule has 1 heterocycles. The molecule has 70 heavy (non-hydrogen) atoms. The molecule has 0 saturated heterocycles. The van der Waals surface area contributed by atoms with Gasteiger partial charge in [-0.15, -0.1) is 0 Å². The third-order valence-corrected chi connectivity index (χ3v) is 13.1. The summed E-state index contributed by atoms with van der Waals surface area (Å²) in [7, 11) is 0. The smallest absolute Gasteiger partial charge is 0.0561 e. The Bertz CT molecular complexity index is 3520. The molecule has 0 fully saturated rings. The largest absolute Gasteiger partial charge is 0.311 e. The first kappa shape index (κ1) is 43.4. The fourth-order valence-corrected chi connectivity index (χ4v) is 9.56. The van der Waals surface area contributed by atoms with Crippen LogP contribution in [0.4, 0.5) is 34.1 Å². The molecule has 0 bridgehead atoms. The van der Waals surface area contributed by atoms with Crippen molar-refractivity contribution in [1.82, 2.24) is 4.57 Å². The molecule has 11 rings (SSSR count). The number of fused-ring (bicyclic) bond motifs is 3. The average Bonchev–Trinajstić information content (AvgIpc) is 3.77. The lowest BCUT2D eigenvalue weighted by atomic mass is 10.0. The summed E-state index contributed by atoms with van der Waals surface area (Å²) in [5.74, 6) is 0. The van der Waals surface area contributed by atoms with Gasteiger partial charge in [0, 0.05) is 50.6 Å². The normalized spacial score (nSPS) is 11.4. The molecule has 0 spiro atoms. The average molecular weight is 898 g/mol. The Hall–Kier alpha value is -9.18. The van der Waals surface area contributed by atoms with E-state index in [9.17, 15) is 0 Å². The zero-order chi connectivity index (χ0) is 47.2. The number of hydrogen-bond donors (Lipinski definition) is 0. The fraction of sp³-hybridized carbons (Fsp3) is 0.0149. The number of para-hydroxylation sites is 1. The molecule has 0 N–H and O–H groups in total. The molecule has 0 amide bonds. The Labute approximate surface area is 411 Å². The number of anilines is 6. The second-order valence-corrected chi connectivity index (χ2v) is 17.4. The van der Waals surface area contributed by atoms with Crippen molar-refractivity contribution < 1.29 is 0 Å². The van der Waals surface area contributed by atoms with Gasteiger partial charge in [0.2, 0.25) is 0 Å². The predicted octanol–water partition coefficient (Wildman–Crippen LogP) is 19.0. The van der Waals surface area contributed by atoms with E-state index in [0.717, 1.165) is 62.0 Å². The fourth-order valence-electron chi connectivity index (χ4n) is 9.56. The molecular weight excluding hydrogens is 847 g/mol. The van der Waals surface area contributed by atoms with Crippen molar-refractivity contribution in [3.8, 4) is 44.5 Å². The summed E-state index contributed by atoms with van der Waals surface area (Å²) in [5, 5.41) is 2.38. The maximum atomic E-state index is 4.54. The number of allylic oxidation sites excluding steroid dienone is 5. The van der Waals surface area contributed by atoms with Crippen LogP contribution in [-0.4, -0.2) is 4.57 Å². The van der Waals surface area contributed by atoms with Crippen molar-refractivity contribution in [1.29, 1.82) is 0 Å². The molecule has 0 atom stereocenters. The minimum atomic E-state index is 0.903. The SMILES string of the molecule is C=C(/C=C\C=C/C)n1c2ccccc2c2ccc(N(c3ccc(-c4ccccc4)cc3)c3ccc(-c4ccc(N(c5ccc(-c6ccccc6)cc5)c5ccc(-c6ccccc6)cc5)cc4)cc3)cc21. The molecule has 0 aliphatic carbocycles. The van der Waals surface area contributed by atoms with E-state index >= 15 is 0 Å². The number of aromatic nitrogens is 1. The van der Waals surface area contributed by atoms with Crippen LogP contribution in [0.15, 0.2) is 286 Å². The van der Waals surface area contributed by atoms with Gasteiger partial charge in [-0.25, -0.2) is 0 Å². The zero-order valence-electron chi connectivity index (χ0n) is 39.1. The number of hydrogen-bond acceptors (Lipinski definition) is 2. The molecule has 1 aromatic heterocycles. The van der Waals surface area contributed by atoms with Crippen LogP contribution in [0.5, 0.6) is 0 Å². The highest BCUT2D eigenvalue weighted by atomic mass is 15.1. The van der Waals surface area contributed by atoms with Gasteiger partial charge in [-0.05, 0) is 136 Å². The van der Waals surface area contributed by atoms with Crippen molar-refractivity contribution in [2.75, 3.05) is 9.80 Å². The first-order valence-corrected chi connectivity index (χ1v) is 23.9. The summed E-state index contributed by atoms with van der Waals surface area (Å²) < 4.78 is 2.28. The van der Waals surface area contributed by atoms with Gasteiger partial charge in [0.1, 0.15) is 0 Å². The van der Waals surface area contributed by atoms with Gasteiger partial charge < -0.3 is 14.4 Å². The van der Waals surface area contributed by atoms with E-state index in [1.165, 1.54) is 44.2 Å². The summed E-state index contributed by atoms with van der Waals surface area (Å²) >= 11 is 0. The lowest BCUT2D eigenvalue weighted by Gasteiger charge is -2.27. The van der Waals surface area contributed by atoms with Crippen LogP contribution in [-0.2, 0) is 0 Å². The molecule has 3 nitrogen and oxygen atoms in total. The Morgan fingerprint density at radius 2 is 0.643 bits per heavy atom. The molecule has 3 heteroatoms. The molecule has 0 unspecified atom stereocenters. The van der Waals surface area contributed by atoms with E-state index in [2.05, 4.69) is 282 Å². The van der Waals surface area contributed by atoms with Crippen molar-refractivity contribution in [2.45, 2.75) is 6.92 Å². The van der Waals surface area contributed by atoms with Crippen molar-refractivity contribution in [3.63, 3.8) is 0 Å². The predicted molar refractivity (Wildman–Crippen MR) is 300 cm³/mol. The maximum absolute atomic E-state index is 4.54. The lowest BCUT2D eigenvalue weighted by Crippen LogP contribution is -2.10. The zero-order valence-corrected chi connectivity index (χ0v) is 39.1. The molecule has 0 radical (unpaired) electrons.